The van der Waals surface area contributed by atoms with E-state index in [0.717, 1.165) is 11.4 Å². The summed E-state index contributed by atoms with van der Waals surface area (Å²) in [6, 6.07) is 13.9. The molecule has 4 nitrogen and oxygen atoms in total. The van der Waals surface area contributed by atoms with Crippen molar-refractivity contribution in [1.29, 1.82) is 0 Å². The molecule has 6 heteroatoms. The quantitative estimate of drug-likeness (QED) is 0.617. The van der Waals surface area contributed by atoms with Crippen LogP contribution in [0.15, 0.2) is 53.9 Å². The number of anilines is 3. The Hall–Kier alpha value is -2.73. The molecule has 1 amide bonds. The largest absolute Gasteiger partial charge is 0.332 e. The number of carbonyl (C=O) groups is 1. The van der Waals surface area contributed by atoms with Crippen LogP contribution < -0.4 is 10.6 Å². The predicted octanol–water partition coefficient (Wildman–Crippen LogP) is 5.33. The lowest BCUT2D eigenvalue weighted by Crippen LogP contribution is -2.14. The number of carbonyl (C=O) groups excluding carboxylic acids is 1. The SMILES string of the molecule is CC(C)c1ccc(NC(=O)Cc2csc(Nc3ccc(F)cc3)n2)cc1. The van der Waals surface area contributed by atoms with Gasteiger partial charge < -0.3 is 10.6 Å². The molecule has 0 aliphatic rings. The van der Waals surface area contributed by atoms with Crippen LogP contribution in [0, 0.1) is 5.82 Å². The highest BCUT2D eigenvalue weighted by Gasteiger charge is 2.09. The number of rotatable bonds is 6. The summed E-state index contributed by atoms with van der Waals surface area (Å²) in [7, 11) is 0. The minimum Gasteiger partial charge on any atom is -0.332 e. The van der Waals surface area contributed by atoms with Gasteiger partial charge in [-0.15, -0.1) is 11.3 Å². The summed E-state index contributed by atoms with van der Waals surface area (Å²) in [4.78, 5) is 16.6. The minimum atomic E-state index is -0.284. The van der Waals surface area contributed by atoms with Crippen LogP contribution in [-0.4, -0.2) is 10.9 Å². The van der Waals surface area contributed by atoms with Gasteiger partial charge in [0.15, 0.2) is 5.13 Å². The molecule has 2 aromatic carbocycles. The van der Waals surface area contributed by atoms with Crippen LogP contribution in [0.25, 0.3) is 0 Å². The zero-order valence-electron chi connectivity index (χ0n) is 14.6. The molecule has 3 aromatic rings. The molecular formula is C20H20FN3OS. The zero-order valence-corrected chi connectivity index (χ0v) is 15.4. The van der Waals surface area contributed by atoms with Gasteiger partial charge in [0.25, 0.3) is 0 Å². The molecule has 0 spiro atoms. The Balaban J connectivity index is 1.56. The van der Waals surface area contributed by atoms with Gasteiger partial charge >= 0.3 is 0 Å². The second kappa shape index (κ2) is 8.10. The van der Waals surface area contributed by atoms with E-state index >= 15 is 0 Å². The highest BCUT2D eigenvalue weighted by molar-refractivity contribution is 7.13. The molecule has 3 rings (SSSR count). The van der Waals surface area contributed by atoms with Gasteiger partial charge in [-0.05, 0) is 47.9 Å². The van der Waals surface area contributed by atoms with E-state index in [4.69, 9.17) is 0 Å². The molecule has 134 valence electrons. The first-order valence-electron chi connectivity index (χ1n) is 8.36. The minimum absolute atomic E-state index is 0.110. The molecule has 0 aliphatic heterocycles. The second-order valence-electron chi connectivity index (χ2n) is 6.28. The summed E-state index contributed by atoms with van der Waals surface area (Å²) in [6.07, 6.45) is 0.202. The molecule has 0 fully saturated rings. The fourth-order valence-electron chi connectivity index (χ4n) is 2.42. The number of aromatic nitrogens is 1. The Morgan fingerprint density at radius 3 is 2.38 bits per heavy atom. The average Bonchev–Trinajstić information content (AvgIpc) is 3.04. The smallest absolute Gasteiger partial charge is 0.230 e. The van der Waals surface area contributed by atoms with Crippen LogP contribution in [0.2, 0.25) is 0 Å². The normalized spacial score (nSPS) is 10.8. The Morgan fingerprint density at radius 2 is 1.73 bits per heavy atom. The van der Waals surface area contributed by atoms with Gasteiger partial charge in [-0.2, -0.15) is 0 Å². The van der Waals surface area contributed by atoms with Gasteiger partial charge in [-0.25, -0.2) is 9.37 Å². The van der Waals surface area contributed by atoms with E-state index < -0.39 is 0 Å². The molecule has 1 heterocycles. The van der Waals surface area contributed by atoms with E-state index in [9.17, 15) is 9.18 Å². The Bertz CT molecular complexity index is 873. The lowest BCUT2D eigenvalue weighted by atomic mass is 10.0. The van der Waals surface area contributed by atoms with Crippen molar-refractivity contribution in [2.24, 2.45) is 0 Å². The highest BCUT2D eigenvalue weighted by Crippen LogP contribution is 2.22. The number of hydrogen-bond donors (Lipinski definition) is 2. The highest BCUT2D eigenvalue weighted by atomic mass is 32.1. The average molecular weight is 369 g/mol. The lowest BCUT2D eigenvalue weighted by Gasteiger charge is -2.08. The molecule has 0 radical (unpaired) electrons. The third kappa shape index (κ3) is 4.89. The number of hydrogen-bond acceptors (Lipinski definition) is 4. The molecule has 0 saturated carbocycles. The van der Waals surface area contributed by atoms with Gasteiger partial charge in [0.05, 0.1) is 12.1 Å². The van der Waals surface area contributed by atoms with Crippen LogP contribution in [0.5, 0.6) is 0 Å². The summed E-state index contributed by atoms with van der Waals surface area (Å²) in [5.41, 5.74) is 3.45. The van der Waals surface area contributed by atoms with Gasteiger partial charge in [0.2, 0.25) is 5.91 Å². The summed E-state index contributed by atoms with van der Waals surface area (Å²) in [5.74, 6) is 0.0659. The van der Waals surface area contributed by atoms with Crippen molar-refractivity contribution in [3.05, 3.63) is 71.0 Å². The summed E-state index contributed by atoms with van der Waals surface area (Å²) in [5, 5.41) is 8.49. The third-order valence-electron chi connectivity index (χ3n) is 3.85. The lowest BCUT2D eigenvalue weighted by molar-refractivity contribution is -0.115. The first-order valence-corrected chi connectivity index (χ1v) is 9.24. The maximum absolute atomic E-state index is 12.9. The standard InChI is InChI=1S/C20H20FN3OS/c1-13(2)14-3-7-16(8-4-14)22-19(25)11-18-12-26-20(24-18)23-17-9-5-15(21)6-10-17/h3-10,12-13H,11H2,1-2H3,(H,22,25)(H,23,24). The van der Waals surface area contributed by atoms with Gasteiger partial charge in [-0.1, -0.05) is 26.0 Å². The number of thiazole rings is 1. The van der Waals surface area contributed by atoms with E-state index in [-0.39, 0.29) is 18.1 Å². The summed E-state index contributed by atoms with van der Waals surface area (Å²) < 4.78 is 12.9. The van der Waals surface area contributed by atoms with E-state index in [1.165, 1.54) is 29.0 Å². The Labute approximate surface area is 156 Å². The van der Waals surface area contributed by atoms with Gasteiger partial charge in [0, 0.05) is 16.8 Å². The van der Waals surface area contributed by atoms with Crippen LogP contribution in [-0.2, 0) is 11.2 Å². The van der Waals surface area contributed by atoms with Crippen molar-refractivity contribution in [1.82, 2.24) is 4.98 Å². The van der Waals surface area contributed by atoms with E-state index in [1.54, 1.807) is 12.1 Å². The molecular weight excluding hydrogens is 349 g/mol. The topological polar surface area (TPSA) is 54.0 Å². The number of halogens is 1. The molecule has 0 saturated heterocycles. The van der Waals surface area contributed by atoms with Crippen LogP contribution in [0.4, 0.5) is 20.9 Å². The molecule has 2 N–H and O–H groups in total. The van der Waals surface area contributed by atoms with E-state index in [1.807, 2.05) is 29.6 Å². The number of nitrogens with one attached hydrogen (secondary N) is 2. The summed E-state index contributed by atoms with van der Waals surface area (Å²) in [6.45, 7) is 4.26. The fourth-order valence-corrected chi connectivity index (χ4v) is 3.15. The monoisotopic (exact) mass is 369 g/mol. The van der Waals surface area contributed by atoms with Gasteiger partial charge in [0.1, 0.15) is 5.82 Å². The zero-order chi connectivity index (χ0) is 18.5. The maximum Gasteiger partial charge on any atom is 0.230 e. The first-order chi connectivity index (χ1) is 12.5. The Kier molecular flexibility index (Phi) is 5.63. The first kappa shape index (κ1) is 18.1. The van der Waals surface area contributed by atoms with Crippen LogP contribution in [0.1, 0.15) is 31.0 Å². The molecule has 0 bridgehead atoms. The van der Waals surface area contributed by atoms with Crippen molar-refractivity contribution in [2.75, 3.05) is 10.6 Å². The van der Waals surface area contributed by atoms with Crippen molar-refractivity contribution in [3.63, 3.8) is 0 Å². The summed E-state index contributed by atoms with van der Waals surface area (Å²) >= 11 is 1.41. The molecule has 1 aromatic heterocycles. The molecule has 0 aliphatic carbocycles. The second-order valence-corrected chi connectivity index (χ2v) is 7.14. The predicted molar refractivity (Wildman–Crippen MR) is 105 cm³/mol. The van der Waals surface area contributed by atoms with Crippen molar-refractivity contribution in [2.45, 2.75) is 26.2 Å². The number of benzene rings is 2. The van der Waals surface area contributed by atoms with Crippen molar-refractivity contribution in [3.8, 4) is 0 Å². The molecule has 0 unspecified atom stereocenters. The fraction of sp³-hybridized carbons (Fsp3) is 0.200. The van der Waals surface area contributed by atoms with Gasteiger partial charge in [-0.3, -0.25) is 4.79 Å². The van der Waals surface area contributed by atoms with E-state index in [2.05, 4.69) is 29.5 Å². The number of amides is 1. The Morgan fingerprint density at radius 1 is 1.08 bits per heavy atom. The van der Waals surface area contributed by atoms with E-state index in [0.29, 0.717) is 16.7 Å². The number of nitrogens with zero attached hydrogens (tertiary/aromatic N) is 1. The third-order valence-corrected chi connectivity index (χ3v) is 4.66. The molecule has 0 atom stereocenters. The van der Waals surface area contributed by atoms with Crippen molar-refractivity contribution >= 4 is 33.8 Å². The van der Waals surface area contributed by atoms with Crippen LogP contribution in [0.3, 0.4) is 0 Å². The van der Waals surface area contributed by atoms with Crippen LogP contribution >= 0.6 is 11.3 Å². The maximum atomic E-state index is 12.9. The van der Waals surface area contributed by atoms with Crippen molar-refractivity contribution < 1.29 is 9.18 Å². The molecule has 26 heavy (non-hydrogen) atoms.